The van der Waals surface area contributed by atoms with Crippen LogP contribution in [0.2, 0.25) is 0 Å². The van der Waals surface area contributed by atoms with Crippen molar-refractivity contribution in [1.29, 1.82) is 0 Å². The average molecular weight is 561 g/mol. The molecule has 1 aliphatic rings. The Kier molecular flexibility index (Phi) is 10.5. The number of nitrogens with one attached hydrogen (secondary N) is 1. The van der Waals surface area contributed by atoms with Gasteiger partial charge < -0.3 is 19.5 Å². The maximum absolute atomic E-state index is 13.6. The van der Waals surface area contributed by atoms with E-state index in [1.54, 1.807) is 34.6 Å². The quantitative estimate of drug-likeness (QED) is 0.261. The van der Waals surface area contributed by atoms with Crippen LogP contribution in [0.1, 0.15) is 98.9 Å². The van der Waals surface area contributed by atoms with E-state index in [0.717, 1.165) is 19.3 Å². The first-order chi connectivity index (χ1) is 18.3. The number of benzene rings is 1. The Morgan fingerprint density at radius 1 is 1.02 bits per heavy atom. The molecule has 2 unspecified atom stereocenters. The molecular weight excluding hydrogens is 516 g/mol. The van der Waals surface area contributed by atoms with Crippen LogP contribution in [0.15, 0.2) is 18.2 Å². The number of rotatable bonds is 12. The van der Waals surface area contributed by atoms with Crippen LogP contribution in [0.5, 0.6) is 5.75 Å². The molecule has 1 aliphatic heterocycles. The van der Waals surface area contributed by atoms with Crippen molar-refractivity contribution < 1.29 is 38.2 Å². The highest BCUT2D eigenvalue weighted by atomic mass is 16.6. The van der Waals surface area contributed by atoms with Gasteiger partial charge in [-0.3, -0.25) is 14.4 Å². The second-order valence-corrected chi connectivity index (χ2v) is 12.5. The first-order valence-corrected chi connectivity index (χ1v) is 13.8. The highest BCUT2D eigenvalue weighted by molar-refractivity contribution is 6.19. The number of carbonyl (C=O) groups excluding carboxylic acids is 5. The lowest BCUT2D eigenvalue weighted by Gasteiger charge is -2.28. The summed E-state index contributed by atoms with van der Waals surface area (Å²) in [6, 6.07) is 2.62. The van der Waals surface area contributed by atoms with Crippen molar-refractivity contribution in [3.8, 4) is 5.75 Å². The number of esters is 1. The Morgan fingerprint density at radius 2 is 1.65 bits per heavy atom. The Balaban J connectivity index is 2.36. The van der Waals surface area contributed by atoms with Crippen LogP contribution in [0.25, 0.3) is 0 Å². The molecule has 1 saturated heterocycles. The average Bonchev–Trinajstić information content (AvgIpc) is 3.00. The summed E-state index contributed by atoms with van der Waals surface area (Å²) >= 11 is 0. The summed E-state index contributed by atoms with van der Waals surface area (Å²) in [4.78, 5) is 65.9. The number of Topliss-reactive ketones (excluding diaryl/α,β-unsaturated/α-hetero) is 1. The van der Waals surface area contributed by atoms with E-state index >= 15 is 0 Å². The molecule has 0 spiro atoms. The van der Waals surface area contributed by atoms with E-state index in [1.165, 1.54) is 32.0 Å². The number of amides is 3. The summed E-state index contributed by atoms with van der Waals surface area (Å²) in [6.45, 7) is 17.2. The van der Waals surface area contributed by atoms with Crippen LogP contribution >= 0.6 is 0 Å². The number of imide groups is 1. The zero-order valence-electron chi connectivity index (χ0n) is 25.4. The molecule has 3 amide bonds. The predicted octanol–water partition coefficient (Wildman–Crippen LogP) is 5.53. The van der Waals surface area contributed by atoms with Gasteiger partial charge in [0.2, 0.25) is 0 Å². The Bertz CT molecular complexity index is 1130. The van der Waals surface area contributed by atoms with Crippen molar-refractivity contribution in [2.24, 2.45) is 11.3 Å². The van der Waals surface area contributed by atoms with Crippen LogP contribution < -0.4 is 10.1 Å². The van der Waals surface area contributed by atoms with Gasteiger partial charge in [0.1, 0.15) is 5.75 Å². The van der Waals surface area contributed by atoms with Gasteiger partial charge in [-0.2, -0.15) is 0 Å². The van der Waals surface area contributed by atoms with Gasteiger partial charge >= 0.3 is 12.1 Å². The maximum Gasteiger partial charge on any atom is 0.418 e. The maximum atomic E-state index is 13.6. The highest BCUT2D eigenvalue weighted by Gasteiger charge is 2.55. The van der Waals surface area contributed by atoms with Crippen molar-refractivity contribution in [2.45, 2.75) is 112 Å². The van der Waals surface area contributed by atoms with Gasteiger partial charge in [-0.25, -0.2) is 14.5 Å². The molecule has 2 rings (SSSR count). The van der Waals surface area contributed by atoms with Gasteiger partial charge in [0, 0.05) is 5.41 Å². The molecule has 222 valence electrons. The molecule has 1 N–H and O–H groups in total. The van der Waals surface area contributed by atoms with E-state index in [-0.39, 0.29) is 29.2 Å². The number of nitrogens with zero attached hydrogens (tertiary/aromatic N) is 1. The zero-order chi connectivity index (χ0) is 30.6. The predicted molar refractivity (Wildman–Crippen MR) is 150 cm³/mol. The van der Waals surface area contributed by atoms with Gasteiger partial charge in [-0.1, -0.05) is 41.0 Å². The number of ketones is 1. The summed E-state index contributed by atoms with van der Waals surface area (Å²) in [5.41, 5.74) is -2.20. The third kappa shape index (κ3) is 8.29. The lowest BCUT2D eigenvalue weighted by molar-refractivity contribution is -0.145. The number of cyclic esters (lactones) is 1. The minimum atomic E-state index is -1.77. The molecule has 1 fully saturated rings. The van der Waals surface area contributed by atoms with E-state index in [2.05, 4.69) is 19.2 Å². The van der Waals surface area contributed by atoms with Gasteiger partial charge in [0.05, 0.1) is 23.5 Å². The van der Waals surface area contributed by atoms with Crippen molar-refractivity contribution >= 4 is 35.3 Å². The molecule has 0 bridgehead atoms. The second-order valence-electron chi connectivity index (χ2n) is 12.5. The summed E-state index contributed by atoms with van der Waals surface area (Å²) < 4.78 is 16.6. The standard InChI is InChI=1S/C30H44N2O8/c1-17(2)12-11-13-19(5)39-26(35)20-14-15-21(22(16-20)38-18(3)4)31-25(34)23(24(33)29(6,7)8)32-27(36)30(9,10)40-28(32)37/h14-19,23H,11-13H2,1-10H3,(H,31,34). The van der Waals surface area contributed by atoms with Crippen LogP contribution in [0.3, 0.4) is 0 Å². The van der Waals surface area contributed by atoms with Crippen molar-refractivity contribution in [3.05, 3.63) is 23.8 Å². The third-order valence-corrected chi connectivity index (χ3v) is 6.31. The first-order valence-electron chi connectivity index (χ1n) is 13.8. The Labute approximate surface area is 237 Å². The SMILES string of the molecule is CC(C)CCCC(C)OC(=O)c1ccc(NC(=O)C(C(=O)C(C)(C)C)N2C(=O)OC(C)(C)C2=O)c(OC(C)C)c1. The topological polar surface area (TPSA) is 128 Å². The third-order valence-electron chi connectivity index (χ3n) is 6.31. The smallest absolute Gasteiger partial charge is 0.418 e. The summed E-state index contributed by atoms with van der Waals surface area (Å²) in [6.07, 6.45) is 1.06. The Morgan fingerprint density at radius 3 is 2.15 bits per heavy atom. The molecule has 1 heterocycles. The fourth-order valence-corrected chi connectivity index (χ4v) is 4.10. The Hall–Kier alpha value is -3.43. The normalized spacial score (nSPS) is 16.6. The molecule has 0 saturated carbocycles. The van der Waals surface area contributed by atoms with E-state index < -0.39 is 46.7 Å². The first kappa shape index (κ1) is 32.8. The van der Waals surface area contributed by atoms with Crippen LogP contribution in [-0.4, -0.2) is 58.4 Å². The lowest BCUT2D eigenvalue weighted by atomic mass is 9.85. The van der Waals surface area contributed by atoms with Crippen LogP contribution in [0.4, 0.5) is 10.5 Å². The summed E-state index contributed by atoms with van der Waals surface area (Å²) in [5.74, 6) is -2.15. The molecular formula is C30H44N2O8. The van der Waals surface area contributed by atoms with Gasteiger partial charge in [0.15, 0.2) is 17.4 Å². The van der Waals surface area contributed by atoms with E-state index in [1.807, 2.05) is 6.92 Å². The lowest BCUT2D eigenvalue weighted by Crippen LogP contribution is -2.55. The van der Waals surface area contributed by atoms with E-state index in [0.29, 0.717) is 10.8 Å². The molecule has 0 radical (unpaired) electrons. The number of carbonyl (C=O) groups is 5. The highest BCUT2D eigenvalue weighted by Crippen LogP contribution is 2.32. The van der Waals surface area contributed by atoms with Gasteiger partial charge in [0.25, 0.3) is 11.8 Å². The molecule has 2 atom stereocenters. The minimum absolute atomic E-state index is 0.159. The van der Waals surface area contributed by atoms with E-state index in [4.69, 9.17) is 14.2 Å². The number of anilines is 1. The number of hydrogen-bond acceptors (Lipinski definition) is 8. The molecule has 40 heavy (non-hydrogen) atoms. The fourth-order valence-electron chi connectivity index (χ4n) is 4.10. The molecule has 0 aliphatic carbocycles. The van der Waals surface area contributed by atoms with Crippen molar-refractivity contribution in [1.82, 2.24) is 4.90 Å². The monoisotopic (exact) mass is 560 g/mol. The molecule has 10 heteroatoms. The zero-order valence-corrected chi connectivity index (χ0v) is 25.4. The van der Waals surface area contributed by atoms with E-state index in [9.17, 15) is 24.0 Å². The fraction of sp³-hybridized carbons (Fsp3) is 0.633. The molecule has 0 aromatic heterocycles. The van der Waals surface area contributed by atoms with Crippen LogP contribution in [-0.2, 0) is 23.9 Å². The molecule has 1 aromatic rings. The van der Waals surface area contributed by atoms with Crippen molar-refractivity contribution in [2.75, 3.05) is 5.32 Å². The van der Waals surface area contributed by atoms with Gasteiger partial charge in [-0.15, -0.1) is 0 Å². The largest absolute Gasteiger partial charge is 0.489 e. The number of ether oxygens (including phenoxy) is 3. The number of hydrogen-bond donors (Lipinski definition) is 1. The minimum Gasteiger partial charge on any atom is -0.489 e. The van der Waals surface area contributed by atoms with Gasteiger partial charge in [-0.05, 0) is 71.6 Å². The van der Waals surface area contributed by atoms with Crippen LogP contribution in [0, 0.1) is 11.3 Å². The molecule has 10 nitrogen and oxygen atoms in total. The molecule has 1 aromatic carbocycles. The second kappa shape index (κ2) is 12.8. The summed E-state index contributed by atoms with van der Waals surface area (Å²) in [5, 5.41) is 2.62. The summed E-state index contributed by atoms with van der Waals surface area (Å²) in [7, 11) is 0. The van der Waals surface area contributed by atoms with Crippen molar-refractivity contribution in [3.63, 3.8) is 0 Å².